The molecular weight excluding hydrogens is 204 g/mol. The molecule has 0 aromatic heterocycles. The molecule has 0 amide bonds. The van der Waals surface area contributed by atoms with Gasteiger partial charge in [0, 0.05) is 6.08 Å². The fraction of sp³-hybridized carbons (Fsp3) is 0. The van der Waals surface area contributed by atoms with Crippen LogP contribution in [0.1, 0.15) is 5.56 Å². The van der Waals surface area contributed by atoms with Gasteiger partial charge < -0.3 is 10.5 Å². The quantitative estimate of drug-likeness (QED) is 0.405. The minimum Gasteiger partial charge on any atom is -0.478 e. The molecule has 0 unspecified atom stereocenters. The number of halogens is 1. The van der Waals surface area contributed by atoms with Gasteiger partial charge in [-0.1, -0.05) is 23.7 Å². The summed E-state index contributed by atoms with van der Waals surface area (Å²) in [5.74, 6) is 4.18. The van der Waals surface area contributed by atoms with Gasteiger partial charge in [0.1, 0.15) is 0 Å². The van der Waals surface area contributed by atoms with Crippen LogP contribution in [0.5, 0.6) is 0 Å². The molecule has 0 saturated carbocycles. The van der Waals surface area contributed by atoms with Gasteiger partial charge in [-0.25, -0.2) is 4.79 Å². The summed E-state index contributed by atoms with van der Waals surface area (Å²) in [5.41, 5.74) is 3.57. The lowest BCUT2D eigenvalue weighted by molar-refractivity contribution is -0.131. The minimum absolute atomic E-state index is 0.396. The summed E-state index contributed by atoms with van der Waals surface area (Å²) in [6.45, 7) is 0. The SMILES string of the molecule is NNc1cccc(/C=C/C(=O)O)c1Cl. The molecule has 74 valence electrons. The van der Waals surface area contributed by atoms with E-state index in [1.807, 2.05) is 0 Å². The molecule has 0 aliphatic carbocycles. The first-order valence-corrected chi connectivity index (χ1v) is 4.19. The van der Waals surface area contributed by atoms with Crippen LogP contribution in [0.3, 0.4) is 0 Å². The number of benzene rings is 1. The van der Waals surface area contributed by atoms with Crippen LogP contribution in [0.4, 0.5) is 5.69 Å². The highest BCUT2D eigenvalue weighted by Gasteiger charge is 2.01. The zero-order valence-corrected chi connectivity index (χ0v) is 7.95. The molecule has 0 atom stereocenters. The molecule has 0 radical (unpaired) electrons. The zero-order chi connectivity index (χ0) is 10.6. The molecule has 0 aliphatic rings. The number of rotatable bonds is 3. The number of nitrogen functional groups attached to an aromatic ring is 1. The molecule has 1 aromatic carbocycles. The van der Waals surface area contributed by atoms with E-state index in [9.17, 15) is 4.79 Å². The molecule has 4 nitrogen and oxygen atoms in total. The standard InChI is InChI=1S/C9H9ClN2O2/c10-9-6(4-5-8(13)14)2-1-3-7(9)12-11/h1-5,12H,11H2,(H,13,14)/b5-4+. The largest absolute Gasteiger partial charge is 0.478 e. The Kier molecular flexibility index (Phi) is 3.50. The summed E-state index contributed by atoms with van der Waals surface area (Å²) < 4.78 is 0. The predicted molar refractivity (Wildman–Crippen MR) is 55.9 cm³/mol. The molecule has 4 N–H and O–H groups in total. The van der Waals surface area contributed by atoms with Gasteiger partial charge in [-0.3, -0.25) is 5.84 Å². The molecule has 0 saturated heterocycles. The van der Waals surface area contributed by atoms with Crippen LogP contribution in [-0.4, -0.2) is 11.1 Å². The van der Waals surface area contributed by atoms with E-state index in [4.69, 9.17) is 22.6 Å². The first-order chi connectivity index (χ1) is 6.65. The first kappa shape index (κ1) is 10.6. The summed E-state index contributed by atoms with van der Waals surface area (Å²) in [5, 5.41) is 8.82. The third-order valence-electron chi connectivity index (χ3n) is 1.59. The molecule has 1 aromatic rings. The fourth-order valence-corrected chi connectivity index (χ4v) is 1.19. The number of hydrogen-bond donors (Lipinski definition) is 3. The van der Waals surface area contributed by atoms with Crippen molar-refractivity contribution in [3.05, 3.63) is 34.9 Å². The first-order valence-electron chi connectivity index (χ1n) is 3.81. The third kappa shape index (κ3) is 2.48. The Morgan fingerprint density at radius 3 is 2.86 bits per heavy atom. The van der Waals surface area contributed by atoms with E-state index in [-0.39, 0.29) is 0 Å². The number of nitrogens with one attached hydrogen (secondary N) is 1. The Bertz CT molecular complexity index is 377. The van der Waals surface area contributed by atoms with Gasteiger partial charge in [0.15, 0.2) is 0 Å². The molecule has 14 heavy (non-hydrogen) atoms. The van der Waals surface area contributed by atoms with Gasteiger partial charge in [-0.15, -0.1) is 0 Å². The van der Waals surface area contributed by atoms with Crippen molar-refractivity contribution in [3.8, 4) is 0 Å². The Balaban J connectivity index is 3.03. The molecule has 0 bridgehead atoms. The van der Waals surface area contributed by atoms with Crippen molar-refractivity contribution in [2.75, 3.05) is 5.43 Å². The summed E-state index contributed by atoms with van der Waals surface area (Å²) in [6, 6.07) is 5.12. The number of carbonyl (C=O) groups is 1. The average molecular weight is 213 g/mol. The lowest BCUT2D eigenvalue weighted by atomic mass is 10.2. The molecule has 0 aliphatic heterocycles. The van der Waals surface area contributed by atoms with E-state index in [0.717, 1.165) is 6.08 Å². The summed E-state index contributed by atoms with van der Waals surface area (Å²) in [7, 11) is 0. The van der Waals surface area contributed by atoms with Gasteiger partial charge in [0.05, 0.1) is 10.7 Å². The predicted octanol–water partition coefficient (Wildman–Crippen LogP) is 1.72. The van der Waals surface area contributed by atoms with Gasteiger partial charge in [0.2, 0.25) is 0 Å². The van der Waals surface area contributed by atoms with Crippen molar-refractivity contribution in [2.24, 2.45) is 5.84 Å². The number of carboxylic acid groups (broad SMARTS) is 1. The lowest BCUT2D eigenvalue weighted by Gasteiger charge is -2.04. The second-order valence-electron chi connectivity index (χ2n) is 2.52. The number of carboxylic acids is 1. The van der Waals surface area contributed by atoms with Crippen LogP contribution >= 0.6 is 11.6 Å². The maximum Gasteiger partial charge on any atom is 0.328 e. The summed E-state index contributed by atoms with van der Waals surface area (Å²) in [6.07, 6.45) is 2.42. The second-order valence-corrected chi connectivity index (χ2v) is 2.90. The highest BCUT2D eigenvalue weighted by atomic mass is 35.5. The van der Waals surface area contributed by atoms with Crippen LogP contribution in [-0.2, 0) is 4.79 Å². The number of anilines is 1. The minimum atomic E-state index is -1.02. The summed E-state index contributed by atoms with van der Waals surface area (Å²) in [4.78, 5) is 10.3. The Hall–Kier alpha value is -1.52. The normalized spacial score (nSPS) is 10.4. The van der Waals surface area contributed by atoms with Crippen molar-refractivity contribution in [2.45, 2.75) is 0 Å². The van der Waals surface area contributed by atoms with Crippen LogP contribution in [0.15, 0.2) is 24.3 Å². The maximum atomic E-state index is 10.3. The van der Waals surface area contributed by atoms with Crippen LogP contribution in [0.25, 0.3) is 6.08 Å². The highest BCUT2D eigenvalue weighted by Crippen LogP contribution is 2.25. The van der Waals surface area contributed by atoms with Gasteiger partial charge in [0.25, 0.3) is 0 Å². The van der Waals surface area contributed by atoms with Crippen LogP contribution in [0, 0.1) is 0 Å². The van der Waals surface area contributed by atoms with E-state index in [1.54, 1.807) is 18.2 Å². The van der Waals surface area contributed by atoms with Crippen molar-refractivity contribution in [1.29, 1.82) is 0 Å². The van der Waals surface area contributed by atoms with E-state index in [1.165, 1.54) is 6.08 Å². The Labute approximate surface area is 86.0 Å². The van der Waals surface area contributed by atoms with Gasteiger partial charge in [-0.05, 0) is 17.7 Å². The van der Waals surface area contributed by atoms with E-state index < -0.39 is 5.97 Å². The van der Waals surface area contributed by atoms with Crippen molar-refractivity contribution < 1.29 is 9.90 Å². The Morgan fingerprint density at radius 2 is 2.29 bits per heavy atom. The van der Waals surface area contributed by atoms with Gasteiger partial charge >= 0.3 is 5.97 Å². The van der Waals surface area contributed by atoms with Crippen molar-refractivity contribution >= 4 is 29.3 Å². The fourth-order valence-electron chi connectivity index (χ4n) is 0.951. The van der Waals surface area contributed by atoms with E-state index in [0.29, 0.717) is 16.3 Å². The molecule has 0 fully saturated rings. The van der Waals surface area contributed by atoms with Gasteiger partial charge in [-0.2, -0.15) is 0 Å². The van der Waals surface area contributed by atoms with Crippen LogP contribution < -0.4 is 11.3 Å². The van der Waals surface area contributed by atoms with Crippen molar-refractivity contribution in [3.63, 3.8) is 0 Å². The second kappa shape index (κ2) is 4.64. The lowest BCUT2D eigenvalue weighted by Crippen LogP contribution is -2.07. The molecule has 5 heteroatoms. The molecule has 0 heterocycles. The average Bonchev–Trinajstić information content (AvgIpc) is 2.16. The molecular formula is C9H9ClN2O2. The number of hydrazine groups is 1. The summed E-state index contributed by atoms with van der Waals surface area (Å²) >= 11 is 5.91. The Morgan fingerprint density at radius 1 is 1.57 bits per heavy atom. The number of nitrogens with two attached hydrogens (primary N) is 1. The van der Waals surface area contributed by atoms with E-state index in [2.05, 4.69) is 5.43 Å². The maximum absolute atomic E-state index is 10.3. The van der Waals surface area contributed by atoms with Crippen molar-refractivity contribution in [1.82, 2.24) is 0 Å². The highest BCUT2D eigenvalue weighted by molar-refractivity contribution is 6.34. The smallest absolute Gasteiger partial charge is 0.328 e. The number of aliphatic carboxylic acids is 1. The van der Waals surface area contributed by atoms with E-state index >= 15 is 0 Å². The molecule has 0 spiro atoms. The topological polar surface area (TPSA) is 75.3 Å². The number of hydrogen-bond acceptors (Lipinski definition) is 3. The molecule has 1 rings (SSSR count). The monoisotopic (exact) mass is 212 g/mol. The third-order valence-corrected chi connectivity index (χ3v) is 2.01. The van der Waals surface area contributed by atoms with Crippen LogP contribution in [0.2, 0.25) is 5.02 Å². The zero-order valence-electron chi connectivity index (χ0n) is 7.20.